The molecule has 1 aromatic rings. The molecule has 0 bridgehead atoms. The molecule has 2 rings (SSSR count). The highest BCUT2D eigenvalue weighted by Gasteiger charge is 2.16. The molecule has 1 aliphatic heterocycles. The van der Waals surface area contributed by atoms with E-state index in [1.807, 2.05) is 32.2 Å². The Balaban J connectivity index is 2.63. The fourth-order valence-electron chi connectivity index (χ4n) is 1.48. The number of para-hydroxylation sites is 2. The second-order valence-corrected chi connectivity index (χ2v) is 3.19. The number of hydrogen-bond acceptors (Lipinski definition) is 2. The van der Waals surface area contributed by atoms with E-state index in [2.05, 4.69) is 22.5 Å². The van der Waals surface area contributed by atoms with Gasteiger partial charge >= 0.3 is 0 Å². The summed E-state index contributed by atoms with van der Waals surface area (Å²) in [6, 6.07) is 8.08. The second-order valence-electron chi connectivity index (χ2n) is 3.19. The van der Waals surface area contributed by atoms with Crippen LogP contribution in [0, 0.1) is 0 Å². The first-order valence-corrected chi connectivity index (χ1v) is 4.27. The van der Waals surface area contributed by atoms with Crippen molar-refractivity contribution in [3.05, 3.63) is 36.5 Å². The normalized spacial score (nSPS) is 15.4. The lowest BCUT2D eigenvalue weighted by atomic mass is 10.1. The number of anilines is 1. The van der Waals surface area contributed by atoms with Crippen molar-refractivity contribution < 1.29 is 0 Å². The lowest BCUT2D eigenvalue weighted by molar-refractivity contribution is 1.13. The SMILES string of the molecule is C=C1C(C)=Nc2ccccc2N1C. The van der Waals surface area contributed by atoms with Gasteiger partial charge in [0, 0.05) is 7.05 Å². The van der Waals surface area contributed by atoms with Crippen LogP contribution in [-0.4, -0.2) is 12.8 Å². The van der Waals surface area contributed by atoms with E-state index in [1.54, 1.807) is 0 Å². The van der Waals surface area contributed by atoms with E-state index in [1.165, 1.54) is 0 Å². The summed E-state index contributed by atoms with van der Waals surface area (Å²) in [4.78, 5) is 6.52. The van der Waals surface area contributed by atoms with E-state index in [0.29, 0.717) is 0 Å². The van der Waals surface area contributed by atoms with Gasteiger partial charge in [0.15, 0.2) is 0 Å². The number of hydrogen-bond donors (Lipinski definition) is 0. The first-order valence-electron chi connectivity index (χ1n) is 4.27. The molecule has 0 aliphatic carbocycles. The van der Waals surface area contributed by atoms with Crippen LogP contribution in [0.25, 0.3) is 0 Å². The molecular weight excluding hydrogens is 160 g/mol. The standard InChI is InChI=1S/C11H12N2/c1-8-9(2)13(3)11-7-5-4-6-10(11)12-8/h4-7H,2H2,1,3H3. The van der Waals surface area contributed by atoms with E-state index < -0.39 is 0 Å². The van der Waals surface area contributed by atoms with Gasteiger partial charge in [0.05, 0.1) is 22.8 Å². The zero-order valence-electron chi connectivity index (χ0n) is 7.91. The Bertz CT molecular complexity index is 391. The Morgan fingerprint density at radius 3 is 2.77 bits per heavy atom. The highest BCUT2D eigenvalue weighted by atomic mass is 15.2. The van der Waals surface area contributed by atoms with Gasteiger partial charge in [0.25, 0.3) is 0 Å². The zero-order chi connectivity index (χ0) is 9.42. The Labute approximate surface area is 78.2 Å². The van der Waals surface area contributed by atoms with Gasteiger partial charge in [0.2, 0.25) is 0 Å². The smallest absolute Gasteiger partial charge is 0.0870 e. The van der Waals surface area contributed by atoms with Crippen molar-refractivity contribution in [2.24, 2.45) is 4.99 Å². The number of aliphatic imine (C=N–C) groups is 1. The van der Waals surface area contributed by atoms with Gasteiger partial charge in [-0.15, -0.1) is 0 Å². The van der Waals surface area contributed by atoms with E-state index in [4.69, 9.17) is 0 Å². The molecule has 0 radical (unpaired) electrons. The van der Waals surface area contributed by atoms with E-state index in [0.717, 1.165) is 22.8 Å². The zero-order valence-corrected chi connectivity index (χ0v) is 7.91. The molecule has 66 valence electrons. The largest absolute Gasteiger partial charge is 0.342 e. The van der Waals surface area contributed by atoms with Crippen molar-refractivity contribution in [2.45, 2.75) is 6.92 Å². The topological polar surface area (TPSA) is 15.6 Å². The molecular formula is C11H12N2. The van der Waals surface area contributed by atoms with Gasteiger partial charge in [-0.1, -0.05) is 18.7 Å². The van der Waals surface area contributed by atoms with Crippen LogP contribution in [0.2, 0.25) is 0 Å². The summed E-state index contributed by atoms with van der Waals surface area (Å²) in [5, 5.41) is 0. The summed E-state index contributed by atoms with van der Waals surface area (Å²) >= 11 is 0. The van der Waals surface area contributed by atoms with Crippen molar-refractivity contribution in [1.82, 2.24) is 0 Å². The van der Waals surface area contributed by atoms with E-state index in [-0.39, 0.29) is 0 Å². The van der Waals surface area contributed by atoms with Crippen LogP contribution in [-0.2, 0) is 0 Å². The summed E-state index contributed by atoms with van der Waals surface area (Å²) in [5.74, 6) is 0. The predicted octanol–water partition coefficient (Wildman–Crippen LogP) is 2.74. The van der Waals surface area contributed by atoms with Crippen molar-refractivity contribution in [3.8, 4) is 0 Å². The average Bonchev–Trinajstić information content (AvgIpc) is 2.15. The Morgan fingerprint density at radius 2 is 2.00 bits per heavy atom. The Morgan fingerprint density at radius 1 is 1.31 bits per heavy atom. The van der Waals surface area contributed by atoms with Gasteiger partial charge in [-0.05, 0) is 19.1 Å². The maximum atomic E-state index is 4.45. The molecule has 0 fully saturated rings. The number of rotatable bonds is 0. The molecule has 13 heavy (non-hydrogen) atoms. The minimum absolute atomic E-state index is 0.971. The first-order chi connectivity index (χ1) is 6.20. The van der Waals surface area contributed by atoms with E-state index >= 15 is 0 Å². The number of nitrogens with zero attached hydrogens (tertiary/aromatic N) is 2. The molecule has 1 aliphatic rings. The summed E-state index contributed by atoms with van der Waals surface area (Å²) in [6.45, 7) is 5.95. The van der Waals surface area contributed by atoms with Crippen LogP contribution in [0.15, 0.2) is 41.5 Å². The maximum Gasteiger partial charge on any atom is 0.0870 e. The minimum Gasteiger partial charge on any atom is -0.342 e. The lowest BCUT2D eigenvalue weighted by Crippen LogP contribution is -2.23. The van der Waals surface area contributed by atoms with Crippen molar-refractivity contribution in [1.29, 1.82) is 0 Å². The number of fused-ring (bicyclic) bond motifs is 1. The third-order valence-corrected chi connectivity index (χ3v) is 2.35. The molecule has 1 aromatic carbocycles. The average molecular weight is 172 g/mol. The van der Waals surface area contributed by atoms with Crippen LogP contribution >= 0.6 is 0 Å². The van der Waals surface area contributed by atoms with Gasteiger partial charge in [-0.25, -0.2) is 4.99 Å². The number of allylic oxidation sites excluding steroid dienone is 1. The van der Waals surface area contributed by atoms with Gasteiger partial charge in [-0.3, -0.25) is 0 Å². The molecule has 0 saturated heterocycles. The third-order valence-electron chi connectivity index (χ3n) is 2.35. The molecule has 0 aromatic heterocycles. The monoisotopic (exact) mass is 172 g/mol. The summed E-state index contributed by atoms with van der Waals surface area (Å²) < 4.78 is 0. The van der Waals surface area contributed by atoms with Crippen molar-refractivity contribution in [3.63, 3.8) is 0 Å². The Hall–Kier alpha value is -1.57. The first kappa shape index (κ1) is 8.05. The van der Waals surface area contributed by atoms with Gasteiger partial charge in [-0.2, -0.15) is 0 Å². The highest BCUT2D eigenvalue weighted by molar-refractivity contribution is 6.05. The molecule has 0 spiro atoms. The third kappa shape index (κ3) is 1.15. The Kier molecular flexibility index (Phi) is 1.69. The van der Waals surface area contributed by atoms with Crippen molar-refractivity contribution >= 4 is 17.1 Å². The van der Waals surface area contributed by atoms with Crippen LogP contribution < -0.4 is 4.90 Å². The van der Waals surface area contributed by atoms with Crippen molar-refractivity contribution in [2.75, 3.05) is 11.9 Å². The van der Waals surface area contributed by atoms with Crippen LogP contribution in [0.4, 0.5) is 11.4 Å². The molecule has 0 unspecified atom stereocenters. The van der Waals surface area contributed by atoms with Gasteiger partial charge in [0.1, 0.15) is 0 Å². The quantitative estimate of drug-likeness (QED) is 0.587. The van der Waals surface area contributed by atoms with Crippen LogP contribution in [0.5, 0.6) is 0 Å². The summed E-state index contributed by atoms with van der Waals surface area (Å²) in [5.41, 5.74) is 4.10. The summed E-state index contributed by atoms with van der Waals surface area (Å²) in [7, 11) is 2.01. The fourth-order valence-corrected chi connectivity index (χ4v) is 1.48. The lowest BCUT2D eigenvalue weighted by Gasteiger charge is -2.27. The molecule has 0 amide bonds. The molecule has 0 saturated carbocycles. The fraction of sp³-hybridized carbons (Fsp3) is 0.182. The molecule has 2 nitrogen and oxygen atoms in total. The molecule has 0 atom stereocenters. The van der Waals surface area contributed by atoms with E-state index in [9.17, 15) is 0 Å². The molecule has 1 heterocycles. The van der Waals surface area contributed by atoms with Crippen LogP contribution in [0.1, 0.15) is 6.92 Å². The predicted molar refractivity (Wildman–Crippen MR) is 56.8 cm³/mol. The molecule has 0 N–H and O–H groups in total. The number of benzene rings is 1. The second kappa shape index (κ2) is 2.73. The molecule has 2 heteroatoms. The van der Waals surface area contributed by atoms with Gasteiger partial charge < -0.3 is 4.90 Å². The maximum absolute atomic E-state index is 4.45. The van der Waals surface area contributed by atoms with Crippen LogP contribution in [0.3, 0.4) is 0 Å². The minimum atomic E-state index is 0.971. The summed E-state index contributed by atoms with van der Waals surface area (Å²) in [6.07, 6.45) is 0. The highest BCUT2D eigenvalue weighted by Crippen LogP contribution is 2.33.